The van der Waals surface area contributed by atoms with Crippen LogP contribution in [0.1, 0.15) is 29.2 Å². The standard InChI is InChI=1S/C19H17FN6O2/c20-10-1-2-12-15(7-10)26(11-3-5-21-6-4-11)25-16(12)14-9-23-18-17(24-14)13(8-22-18)19(27)28/h1-2,7-9,11,21H,3-6H2,(H,22,23)(H,27,28). The summed E-state index contributed by atoms with van der Waals surface area (Å²) in [4.78, 5) is 23.0. The fourth-order valence-corrected chi connectivity index (χ4v) is 3.80. The van der Waals surface area contributed by atoms with Gasteiger partial charge in [-0.2, -0.15) is 5.10 Å². The number of aromatic carboxylic acids is 1. The minimum Gasteiger partial charge on any atom is -0.478 e. The number of H-pyrrole nitrogens is 1. The van der Waals surface area contributed by atoms with Gasteiger partial charge in [0.15, 0.2) is 5.65 Å². The molecule has 4 heterocycles. The van der Waals surface area contributed by atoms with E-state index >= 15 is 0 Å². The Balaban J connectivity index is 1.71. The number of carbonyl (C=O) groups is 1. The van der Waals surface area contributed by atoms with Crippen molar-refractivity contribution in [3.8, 4) is 11.4 Å². The van der Waals surface area contributed by atoms with Gasteiger partial charge >= 0.3 is 5.97 Å². The predicted octanol–water partition coefficient (Wildman–Crippen LogP) is 2.74. The molecule has 5 rings (SSSR count). The molecule has 4 aromatic rings. The smallest absolute Gasteiger partial charge is 0.339 e. The molecule has 0 spiro atoms. The van der Waals surface area contributed by atoms with Gasteiger partial charge in [-0.25, -0.2) is 19.2 Å². The fourth-order valence-electron chi connectivity index (χ4n) is 3.80. The molecule has 1 aliphatic rings. The van der Waals surface area contributed by atoms with E-state index in [0.29, 0.717) is 22.6 Å². The normalized spacial score (nSPS) is 15.5. The molecule has 9 heteroatoms. The predicted molar refractivity (Wildman–Crippen MR) is 101 cm³/mol. The molecule has 8 nitrogen and oxygen atoms in total. The summed E-state index contributed by atoms with van der Waals surface area (Å²) in [6.07, 6.45) is 4.73. The minimum absolute atomic E-state index is 0.0532. The first kappa shape index (κ1) is 16.8. The van der Waals surface area contributed by atoms with E-state index in [1.54, 1.807) is 12.3 Å². The number of hydrogen-bond donors (Lipinski definition) is 3. The van der Waals surface area contributed by atoms with E-state index in [2.05, 4.69) is 20.3 Å². The molecule has 0 unspecified atom stereocenters. The van der Waals surface area contributed by atoms with Gasteiger partial charge in [0.25, 0.3) is 0 Å². The van der Waals surface area contributed by atoms with E-state index in [1.807, 2.05) is 4.68 Å². The maximum atomic E-state index is 14.0. The van der Waals surface area contributed by atoms with Crippen LogP contribution in [0, 0.1) is 5.82 Å². The molecule has 142 valence electrons. The third-order valence-electron chi connectivity index (χ3n) is 5.18. The van der Waals surface area contributed by atoms with Crippen LogP contribution in [0.15, 0.2) is 30.6 Å². The molecule has 1 saturated heterocycles. The van der Waals surface area contributed by atoms with Crippen molar-refractivity contribution < 1.29 is 14.3 Å². The van der Waals surface area contributed by atoms with Crippen molar-refractivity contribution in [1.29, 1.82) is 0 Å². The average Bonchev–Trinajstić information content (AvgIpc) is 3.29. The Bertz CT molecular complexity index is 1210. The third kappa shape index (κ3) is 2.63. The Morgan fingerprint density at radius 1 is 1.29 bits per heavy atom. The Hall–Kier alpha value is -3.33. The number of aromatic amines is 1. The summed E-state index contributed by atoms with van der Waals surface area (Å²) >= 11 is 0. The Morgan fingerprint density at radius 2 is 2.11 bits per heavy atom. The van der Waals surface area contributed by atoms with Gasteiger partial charge in [0.2, 0.25) is 0 Å². The zero-order valence-electron chi connectivity index (χ0n) is 14.8. The molecule has 28 heavy (non-hydrogen) atoms. The van der Waals surface area contributed by atoms with Crippen LogP contribution in [0.4, 0.5) is 4.39 Å². The van der Waals surface area contributed by atoms with Crippen molar-refractivity contribution in [2.75, 3.05) is 13.1 Å². The summed E-state index contributed by atoms with van der Waals surface area (Å²) in [5.74, 6) is -1.40. The Labute approximate surface area is 158 Å². The molecule has 0 amide bonds. The molecule has 3 aromatic heterocycles. The summed E-state index contributed by atoms with van der Waals surface area (Å²) in [7, 11) is 0. The number of nitrogens with zero attached hydrogens (tertiary/aromatic N) is 4. The van der Waals surface area contributed by atoms with E-state index in [0.717, 1.165) is 31.3 Å². The molecule has 0 radical (unpaired) electrons. The van der Waals surface area contributed by atoms with Gasteiger partial charge in [-0.1, -0.05) is 0 Å². The van der Waals surface area contributed by atoms with Gasteiger partial charge in [0.05, 0.1) is 17.8 Å². The lowest BCUT2D eigenvalue weighted by Gasteiger charge is -2.23. The zero-order valence-corrected chi connectivity index (χ0v) is 14.8. The second-order valence-electron chi connectivity index (χ2n) is 6.90. The van der Waals surface area contributed by atoms with Crippen molar-refractivity contribution in [1.82, 2.24) is 30.0 Å². The largest absolute Gasteiger partial charge is 0.478 e. The van der Waals surface area contributed by atoms with Crippen LogP contribution >= 0.6 is 0 Å². The molecule has 1 aromatic carbocycles. The summed E-state index contributed by atoms with van der Waals surface area (Å²) in [6.45, 7) is 1.77. The number of carboxylic acid groups (broad SMARTS) is 1. The topological polar surface area (TPSA) is 109 Å². The van der Waals surface area contributed by atoms with Crippen molar-refractivity contribution in [3.05, 3.63) is 42.0 Å². The number of rotatable bonds is 3. The second kappa shape index (κ2) is 6.38. The average molecular weight is 380 g/mol. The monoisotopic (exact) mass is 380 g/mol. The highest BCUT2D eigenvalue weighted by Crippen LogP contribution is 2.32. The number of nitrogens with one attached hydrogen (secondary N) is 2. The maximum Gasteiger partial charge on any atom is 0.339 e. The minimum atomic E-state index is -1.08. The van der Waals surface area contributed by atoms with Gasteiger partial charge in [-0.3, -0.25) is 4.68 Å². The van der Waals surface area contributed by atoms with Crippen LogP contribution in [0.2, 0.25) is 0 Å². The van der Waals surface area contributed by atoms with Gasteiger partial charge in [0, 0.05) is 11.6 Å². The number of piperidine rings is 1. The zero-order chi connectivity index (χ0) is 19.3. The molecule has 1 fully saturated rings. The summed E-state index contributed by atoms with van der Waals surface area (Å²) in [6, 6.07) is 4.73. The van der Waals surface area contributed by atoms with Crippen molar-refractivity contribution in [3.63, 3.8) is 0 Å². The number of aromatic nitrogens is 5. The number of carboxylic acids is 1. The third-order valence-corrected chi connectivity index (χ3v) is 5.18. The van der Waals surface area contributed by atoms with Crippen LogP contribution in [0.3, 0.4) is 0 Å². The first-order valence-electron chi connectivity index (χ1n) is 9.08. The van der Waals surface area contributed by atoms with Crippen LogP contribution in [0.5, 0.6) is 0 Å². The molecule has 0 bridgehead atoms. The molecule has 0 aliphatic carbocycles. The number of hydrogen-bond acceptors (Lipinski definition) is 5. The van der Waals surface area contributed by atoms with E-state index in [9.17, 15) is 14.3 Å². The van der Waals surface area contributed by atoms with Gasteiger partial charge in [0.1, 0.15) is 28.3 Å². The molecule has 1 aliphatic heterocycles. The number of fused-ring (bicyclic) bond motifs is 2. The molecule has 0 saturated carbocycles. The highest BCUT2D eigenvalue weighted by Gasteiger charge is 2.23. The summed E-state index contributed by atoms with van der Waals surface area (Å²) in [5.41, 5.74) is 2.46. The lowest BCUT2D eigenvalue weighted by molar-refractivity contribution is 0.0699. The van der Waals surface area contributed by atoms with Crippen LogP contribution in [-0.2, 0) is 0 Å². The summed E-state index contributed by atoms with van der Waals surface area (Å²) < 4.78 is 15.8. The lowest BCUT2D eigenvalue weighted by atomic mass is 10.1. The van der Waals surface area contributed by atoms with Crippen LogP contribution in [-0.4, -0.2) is 48.9 Å². The van der Waals surface area contributed by atoms with E-state index in [1.165, 1.54) is 18.3 Å². The van der Waals surface area contributed by atoms with E-state index in [4.69, 9.17) is 5.10 Å². The molecular weight excluding hydrogens is 363 g/mol. The quantitative estimate of drug-likeness (QED) is 0.504. The van der Waals surface area contributed by atoms with Gasteiger partial charge in [-0.15, -0.1) is 0 Å². The molecule has 0 atom stereocenters. The maximum absolute atomic E-state index is 14.0. The van der Waals surface area contributed by atoms with Crippen LogP contribution in [0.25, 0.3) is 33.5 Å². The van der Waals surface area contributed by atoms with E-state index < -0.39 is 5.97 Å². The lowest BCUT2D eigenvalue weighted by Crippen LogP contribution is -2.29. The fraction of sp³-hybridized carbons (Fsp3) is 0.263. The first-order valence-corrected chi connectivity index (χ1v) is 9.08. The Kier molecular flexibility index (Phi) is 3.83. The van der Waals surface area contributed by atoms with Crippen molar-refractivity contribution in [2.24, 2.45) is 0 Å². The SMILES string of the molecule is O=C(O)c1c[nH]c2ncc(-c3nn(C4CCNCC4)c4cc(F)ccc34)nc12. The summed E-state index contributed by atoms with van der Waals surface area (Å²) in [5, 5.41) is 18.2. The van der Waals surface area contributed by atoms with Crippen molar-refractivity contribution in [2.45, 2.75) is 18.9 Å². The molecule has 3 N–H and O–H groups in total. The van der Waals surface area contributed by atoms with Gasteiger partial charge in [-0.05, 0) is 44.1 Å². The first-order chi connectivity index (χ1) is 13.6. The Morgan fingerprint density at radius 3 is 2.89 bits per heavy atom. The number of benzene rings is 1. The van der Waals surface area contributed by atoms with Gasteiger partial charge < -0.3 is 15.4 Å². The van der Waals surface area contributed by atoms with E-state index in [-0.39, 0.29) is 22.9 Å². The number of halogens is 1. The van der Waals surface area contributed by atoms with Crippen LogP contribution < -0.4 is 5.32 Å². The highest BCUT2D eigenvalue weighted by atomic mass is 19.1. The molecular formula is C19H17FN6O2. The second-order valence-corrected chi connectivity index (χ2v) is 6.90. The highest BCUT2D eigenvalue weighted by molar-refractivity contribution is 6.01. The van der Waals surface area contributed by atoms with Crippen molar-refractivity contribution >= 4 is 28.0 Å².